The Kier molecular flexibility index (Phi) is 4.38. The summed E-state index contributed by atoms with van der Waals surface area (Å²) in [6, 6.07) is 1.76. The van der Waals surface area contributed by atoms with Crippen LogP contribution in [-0.2, 0) is 4.79 Å². The van der Waals surface area contributed by atoms with Gasteiger partial charge in [0.25, 0.3) is 0 Å². The Balaban J connectivity index is 1.81. The van der Waals surface area contributed by atoms with Gasteiger partial charge in [0.2, 0.25) is 11.9 Å². The first-order valence-electron chi connectivity index (χ1n) is 6.53. The Morgan fingerprint density at radius 3 is 2.74 bits per heavy atom. The highest BCUT2D eigenvalue weighted by Crippen LogP contribution is 2.12. The first-order valence-corrected chi connectivity index (χ1v) is 6.53. The first-order chi connectivity index (χ1) is 9.19. The summed E-state index contributed by atoms with van der Waals surface area (Å²) in [4.78, 5) is 21.8. The number of nitrogens with zero attached hydrogens (tertiary/aromatic N) is 3. The molecule has 0 unspecified atom stereocenters. The number of hydrogen-bond donors (Lipinski definition) is 3. The molecule has 19 heavy (non-hydrogen) atoms. The number of nitrogens with one attached hydrogen (secondary N) is 2. The molecule has 1 aromatic rings. The molecule has 1 aromatic heterocycles. The van der Waals surface area contributed by atoms with Gasteiger partial charge in [0, 0.05) is 39.2 Å². The second kappa shape index (κ2) is 6.21. The number of hydrogen-bond acceptors (Lipinski definition) is 6. The molecule has 7 heteroatoms. The molecule has 0 radical (unpaired) electrons. The van der Waals surface area contributed by atoms with E-state index in [4.69, 9.17) is 5.73 Å². The van der Waals surface area contributed by atoms with Crippen molar-refractivity contribution in [3.05, 3.63) is 6.07 Å². The van der Waals surface area contributed by atoms with Gasteiger partial charge < -0.3 is 21.3 Å². The maximum atomic E-state index is 11.8. The van der Waals surface area contributed by atoms with Crippen molar-refractivity contribution in [1.82, 2.24) is 14.9 Å². The summed E-state index contributed by atoms with van der Waals surface area (Å²) in [5.41, 5.74) is 5.59. The zero-order valence-corrected chi connectivity index (χ0v) is 11.1. The molecule has 104 valence electrons. The third kappa shape index (κ3) is 3.70. The van der Waals surface area contributed by atoms with E-state index in [0.717, 1.165) is 25.9 Å². The fourth-order valence-electron chi connectivity index (χ4n) is 2.11. The van der Waals surface area contributed by atoms with Gasteiger partial charge in [-0.2, -0.15) is 9.97 Å². The monoisotopic (exact) mass is 264 g/mol. The summed E-state index contributed by atoms with van der Waals surface area (Å²) in [5.74, 6) is 1.69. The lowest BCUT2D eigenvalue weighted by Gasteiger charge is -2.15. The van der Waals surface area contributed by atoms with E-state index in [-0.39, 0.29) is 11.9 Å². The lowest BCUT2D eigenvalue weighted by molar-refractivity contribution is -0.129. The van der Waals surface area contributed by atoms with Crippen LogP contribution in [0.5, 0.6) is 0 Å². The molecule has 2 rings (SSSR count). The number of amides is 1. The van der Waals surface area contributed by atoms with E-state index in [1.165, 1.54) is 0 Å². The Hall–Kier alpha value is -2.05. The van der Waals surface area contributed by atoms with Gasteiger partial charge in [-0.25, -0.2) is 0 Å². The van der Waals surface area contributed by atoms with Crippen molar-refractivity contribution in [2.75, 3.05) is 43.0 Å². The van der Waals surface area contributed by atoms with Gasteiger partial charge in [-0.05, 0) is 12.8 Å². The first kappa shape index (κ1) is 13.4. The van der Waals surface area contributed by atoms with E-state index < -0.39 is 0 Å². The molecule has 0 aromatic carbocycles. The molecule has 1 saturated heterocycles. The van der Waals surface area contributed by atoms with Crippen molar-refractivity contribution in [2.45, 2.75) is 19.3 Å². The maximum Gasteiger partial charge on any atom is 0.224 e. The molecule has 0 atom stereocenters. The van der Waals surface area contributed by atoms with Gasteiger partial charge in [-0.3, -0.25) is 4.79 Å². The van der Waals surface area contributed by atoms with Crippen molar-refractivity contribution in [1.29, 1.82) is 0 Å². The Bertz CT molecular complexity index is 444. The lowest BCUT2D eigenvalue weighted by Crippen LogP contribution is -2.29. The van der Waals surface area contributed by atoms with Gasteiger partial charge in [-0.15, -0.1) is 0 Å². The van der Waals surface area contributed by atoms with Crippen molar-refractivity contribution in [3.8, 4) is 0 Å². The van der Waals surface area contributed by atoms with Crippen LogP contribution >= 0.6 is 0 Å². The van der Waals surface area contributed by atoms with Crippen LogP contribution in [0.3, 0.4) is 0 Å². The smallest absolute Gasteiger partial charge is 0.224 e. The Morgan fingerprint density at radius 1 is 1.37 bits per heavy atom. The third-order valence-corrected chi connectivity index (χ3v) is 3.10. The number of rotatable bonds is 5. The van der Waals surface area contributed by atoms with E-state index in [2.05, 4.69) is 20.6 Å². The molecule has 2 heterocycles. The minimum absolute atomic E-state index is 0.195. The van der Waals surface area contributed by atoms with Gasteiger partial charge in [0.1, 0.15) is 11.6 Å². The van der Waals surface area contributed by atoms with E-state index in [1.54, 1.807) is 13.1 Å². The van der Waals surface area contributed by atoms with Crippen LogP contribution in [0, 0.1) is 0 Å². The second-order valence-electron chi connectivity index (χ2n) is 4.51. The molecular formula is C12H20N6O. The third-order valence-electron chi connectivity index (χ3n) is 3.10. The number of nitrogen functional groups attached to an aromatic ring is 1. The molecule has 0 spiro atoms. The number of carbonyl (C=O) groups excluding carboxylic acids is 1. The average Bonchev–Trinajstić information content (AvgIpc) is 2.92. The summed E-state index contributed by atoms with van der Waals surface area (Å²) in [6.07, 6.45) is 2.71. The van der Waals surface area contributed by atoms with Gasteiger partial charge in [-0.1, -0.05) is 0 Å². The van der Waals surface area contributed by atoms with E-state index in [1.807, 2.05) is 4.90 Å². The van der Waals surface area contributed by atoms with Crippen LogP contribution in [0.2, 0.25) is 0 Å². The second-order valence-corrected chi connectivity index (χ2v) is 4.51. The fraction of sp³-hybridized carbons (Fsp3) is 0.583. The van der Waals surface area contributed by atoms with Crippen LogP contribution < -0.4 is 16.4 Å². The van der Waals surface area contributed by atoms with Crippen LogP contribution in [0.25, 0.3) is 0 Å². The Morgan fingerprint density at radius 2 is 2.05 bits per heavy atom. The molecule has 4 N–H and O–H groups in total. The number of nitrogens with two attached hydrogens (primary N) is 1. The molecular weight excluding hydrogens is 244 g/mol. The molecule has 1 aliphatic heterocycles. The molecule has 0 aliphatic carbocycles. The van der Waals surface area contributed by atoms with Crippen molar-refractivity contribution in [3.63, 3.8) is 0 Å². The van der Waals surface area contributed by atoms with E-state index >= 15 is 0 Å². The van der Waals surface area contributed by atoms with Crippen molar-refractivity contribution < 1.29 is 4.79 Å². The van der Waals surface area contributed by atoms with Gasteiger partial charge in [0.15, 0.2) is 0 Å². The SMILES string of the molecule is CNc1cc(NCCC(=O)N2CCCC2)nc(N)n1. The Labute approximate surface area is 112 Å². The highest BCUT2D eigenvalue weighted by molar-refractivity contribution is 5.77. The minimum atomic E-state index is 0.195. The molecule has 7 nitrogen and oxygen atoms in total. The molecule has 1 fully saturated rings. The summed E-state index contributed by atoms with van der Waals surface area (Å²) in [6.45, 7) is 2.33. The maximum absolute atomic E-state index is 11.8. The van der Waals surface area contributed by atoms with Crippen LogP contribution in [0.15, 0.2) is 6.07 Å². The van der Waals surface area contributed by atoms with Crippen molar-refractivity contribution >= 4 is 23.5 Å². The number of carbonyl (C=O) groups is 1. The summed E-state index contributed by atoms with van der Waals surface area (Å²) >= 11 is 0. The topological polar surface area (TPSA) is 96.2 Å². The highest BCUT2D eigenvalue weighted by atomic mass is 16.2. The highest BCUT2D eigenvalue weighted by Gasteiger charge is 2.17. The normalized spacial score (nSPS) is 14.5. The molecule has 0 saturated carbocycles. The molecule has 1 amide bonds. The minimum Gasteiger partial charge on any atom is -0.373 e. The number of likely N-dealkylation sites (tertiary alicyclic amines) is 1. The predicted octanol–water partition coefficient (Wildman–Crippen LogP) is 0.525. The average molecular weight is 264 g/mol. The zero-order chi connectivity index (χ0) is 13.7. The quantitative estimate of drug-likeness (QED) is 0.717. The van der Waals surface area contributed by atoms with Crippen LogP contribution in [0.1, 0.15) is 19.3 Å². The van der Waals surface area contributed by atoms with Crippen LogP contribution in [-0.4, -0.2) is 47.5 Å². The zero-order valence-electron chi connectivity index (χ0n) is 11.1. The van der Waals surface area contributed by atoms with E-state index in [9.17, 15) is 4.79 Å². The number of anilines is 3. The predicted molar refractivity (Wildman–Crippen MR) is 74.9 cm³/mol. The molecule has 1 aliphatic rings. The van der Waals surface area contributed by atoms with E-state index in [0.29, 0.717) is 24.6 Å². The summed E-state index contributed by atoms with van der Waals surface area (Å²) in [7, 11) is 1.77. The van der Waals surface area contributed by atoms with Gasteiger partial charge in [0.05, 0.1) is 0 Å². The fourth-order valence-corrected chi connectivity index (χ4v) is 2.11. The van der Waals surface area contributed by atoms with Crippen LogP contribution in [0.4, 0.5) is 17.6 Å². The lowest BCUT2D eigenvalue weighted by atomic mass is 10.3. The standard InChI is InChI=1S/C12H20N6O/c1-14-9-8-10(17-12(13)16-9)15-5-4-11(19)18-6-2-3-7-18/h8H,2-7H2,1H3,(H4,13,14,15,16,17). The summed E-state index contributed by atoms with van der Waals surface area (Å²) in [5, 5.41) is 6.00. The van der Waals surface area contributed by atoms with Gasteiger partial charge >= 0.3 is 0 Å². The number of aromatic nitrogens is 2. The summed E-state index contributed by atoms with van der Waals surface area (Å²) < 4.78 is 0. The largest absolute Gasteiger partial charge is 0.373 e. The molecule has 0 bridgehead atoms. The van der Waals surface area contributed by atoms with Crippen molar-refractivity contribution in [2.24, 2.45) is 0 Å².